The van der Waals surface area contributed by atoms with Crippen LogP contribution in [-0.4, -0.2) is 10.5 Å². The number of aryl methyl sites for hydroxylation is 1. The van der Waals surface area contributed by atoms with Crippen molar-refractivity contribution < 1.29 is 0 Å². The maximum absolute atomic E-state index is 6.62. The van der Waals surface area contributed by atoms with E-state index in [4.69, 9.17) is 5.73 Å². The van der Waals surface area contributed by atoms with Crippen molar-refractivity contribution in [3.8, 4) is 11.8 Å². The SMILES string of the molecule is Cc1cccc(C#CC23CC4CC(CC(N)(C4)C2)C3)n1. The van der Waals surface area contributed by atoms with Crippen molar-refractivity contribution in [2.45, 2.75) is 51.0 Å². The average molecular weight is 266 g/mol. The van der Waals surface area contributed by atoms with Gasteiger partial charge in [-0.2, -0.15) is 0 Å². The molecule has 1 aromatic rings. The molecule has 104 valence electrons. The van der Waals surface area contributed by atoms with Gasteiger partial charge in [0.25, 0.3) is 0 Å². The second kappa shape index (κ2) is 4.09. The van der Waals surface area contributed by atoms with Crippen molar-refractivity contribution in [2.75, 3.05) is 0 Å². The Hall–Kier alpha value is -1.33. The monoisotopic (exact) mass is 266 g/mol. The van der Waals surface area contributed by atoms with Gasteiger partial charge in [0.1, 0.15) is 5.69 Å². The van der Waals surface area contributed by atoms with E-state index in [9.17, 15) is 0 Å². The first-order valence-electron chi connectivity index (χ1n) is 7.80. The van der Waals surface area contributed by atoms with E-state index in [0.29, 0.717) is 0 Å². The lowest BCUT2D eigenvalue weighted by molar-refractivity contribution is -0.0349. The molecule has 2 atom stereocenters. The predicted molar refractivity (Wildman–Crippen MR) is 79.9 cm³/mol. The number of hydrogen-bond donors (Lipinski definition) is 1. The summed E-state index contributed by atoms with van der Waals surface area (Å²) < 4.78 is 0. The predicted octanol–water partition coefficient (Wildman–Crippen LogP) is 3.04. The molecule has 2 unspecified atom stereocenters. The first kappa shape index (κ1) is 12.4. The van der Waals surface area contributed by atoms with Crippen molar-refractivity contribution in [1.82, 2.24) is 4.98 Å². The van der Waals surface area contributed by atoms with Crippen LogP contribution in [0.2, 0.25) is 0 Å². The van der Waals surface area contributed by atoms with Gasteiger partial charge in [0.15, 0.2) is 0 Å². The van der Waals surface area contributed by atoms with Crippen molar-refractivity contribution in [3.63, 3.8) is 0 Å². The maximum atomic E-state index is 6.62. The van der Waals surface area contributed by atoms with E-state index >= 15 is 0 Å². The summed E-state index contributed by atoms with van der Waals surface area (Å²) in [6.07, 6.45) is 7.49. The number of rotatable bonds is 0. The van der Waals surface area contributed by atoms with Crippen LogP contribution in [0.1, 0.15) is 49.9 Å². The molecule has 0 aromatic carbocycles. The van der Waals surface area contributed by atoms with Gasteiger partial charge in [0.2, 0.25) is 0 Å². The summed E-state index contributed by atoms with van der Waals surface area (Å²) in [4.78, 5) is 4.50. The van der Waals surface area contributed by atoms with Gasteiger partial charge in [-0.25, -0.2) is 4.98 Å². The highest BCUT2D eigenvalue weighted by atomic mass is 14.8. The first-order chi connectivity index (χ1) is 9.54. The van der Waals surface area contributed by atoms with Crippen LogP contribution in [-0.2, 0) is 0 Å². The van der Waals surface area contributed by atoms with Gasteiger partial charge >= 0.3 is 0 Å². The van der Waals surface area contributed by atoms with Crippen LogP contribution in [0.4, 0.5) is 0 Å². The van der Waals surface area contributed by atoms with E-state index in [1.165, 1.54) is 32.1 Å². The Morgan fingerprint density at radius 2 is 1.95 bits per heavy atom. The maximum Gasteiger partial charge on any atom is 0.113 e. The van der Waals surface area contributed by atoms with Gasteiger partial charge < -0.3 is 5.73 Å². The molecular formula is C18H22N2. The smallest absolute Gasteiger partial charge is 0.113 e. The summed E-state index contributed by atoms with van der Waals surface area (Å²) in [5, 5.41) is 0. The van der Waals surface area contributed by atoms with E-state index < -0.39 is 0 Å². The quantitative estimate of drug-likeness (QED) is 0.733. The summed E-state index contributed by atoms with van der Waals surface area (Å²) in [6.45, 7) is 2.02. The van der Waals surface area contributed by atoms with Crippen LogP contribution in [0.3, 0.4) is 0 Å². The Bertz CT molecular complexity index is 593. The molecule has 20 heavy (non-hydrogen) atoms. The van der Waals surface area contributed by atoms with Crippen LogP contribution in [0, 0.1) is 36.0 Å². The lowest BCUT2D eigenvalue weighted by Crippen LogP contribution is -2.59. The number of aromatic nitrogens is 1. The Labute approximate surface area is 121 Å². The molecule has 4 bridgehead atoms. The molecule has 0 amide bonds. The largest absolute Gasteiger partial charge is 0.325 e. The summed E-state index contributed by atoms with van der Waals surface area (Å²) in [7, 11) is 0. The number of pyridine rings is 1. The third-order valence-electron chi connectivity index (χ3n) is 5.45. The summed E-state index contributed by atoms with van der Waals surface area (Å²) >= 11 is 0. The number of nitrogens with zero attached hydrogens (tertiary/aromatic N) is 1. The Kier molecular flexibility index (Phi) is 2.54. The third-order valence-corrected chi connectivity index (χ3v) is 5.45. The van der Waals surface area contributed by atoms with Gasteiger partial charge in [-0.05, 0) is 75.3 Å². The highest BCUT2D eigenvalue weighted by Crippen LogP contribution is 2.60. The van der Waals surface area contributed by atoms with Gasteiger partial charge in [-0.3, -0.25) is 0 Å². The fourth-order valence-electron chi connectivity index (χ4n) is 5.29. The van der Waals surface area contributed by atoms with Crippen LogP contribution in [0.25, 0.3) is 0 Å². The van der Waals surface area contributed by atoms with Gasteiger partial charge in [0, 0.05) is 16.6 Å². The summed E-state index contributed by atoms with van der Waals surface area (Å²) in [5.74, 6) is 8.59. The second-order valence-electron chi connectivity index (χ2n) is 7.52. The minimum atomic E-state index is 0.0821. The zero-order chi connectivity index (χ0) is 13.8. The Morgan fingerprint density at radius 1 is 1.20 bits per heavy atom. The first-order valence-corrected chi connectivity index (χ1v) is 7.80. The van der Waals surface area contributed by atoms with Gasteiger partial charge in [-0.1, -0.05) is 12.0 Å². The van der Waals surface area contributed by atoms with Crippen LogP contribution in [0.15, 0.2) is 18.2 Å². The Morgan fingerprint density at radius 3 is 2.60 bits per heavy atom. The van der Waals surface area contributed by atoms with Crippen LogP contribution >= 0.6 is 0 Å². The topological polar surface area (TPSA) is 38.9 Å². The number of nitrogens with two attached hydrogens (primary N) is 1. The molecule has 4 saturated carbocycles. The normalized spacial score (nSPS) is 41.3. The van der Waals surface area contributed by atoms with Crippen LogP contribution in [0.5, 0.6) is 0 Å². The molecule has 2 heteroatoms. The molecule has 4 fully saturated rings. The van der Waals surface area contributed by atoms with Crippen molar-refractivity contribution in [2.24, 2.45) is 23.0 Å². The van der Waals surface area contributed by atoms with Crippen molar-refractivity contribution in [3.05, 3.63) is 29.6 Å². The lowest BCUT2D eigenvalue weighted by atomic mass is 9.47. The van der Waals surface area contributed by atoms with Crippen molar-refractivity contribution in [1.29, 1.82) is 0 Å². The highest BCUT2D eigenvalue weighted by Gasteiger charge is 2.55. The second-order valence-corrected chi connectivity index (χ2v) is 7.52. The molecule has 0 aliphatic heterocycles. The Balaban J connectivity index is 1.66. The molecule has 0 saturated heterocycles. The molecule has 0 radical (unpaired) electrons. The standard InChI is InChI=1S/C18H22N2/c1-13-3-2-4-16(20-13)5-6-17-8-14-7-15(9-17)11-18(19,10-14)12-17/h2-4,14-15H,7-12,19H2,1H3. The molecule has 0 spiro atoms. The fraction of sp³-hybridized carbons (Fsp3) is 0.611. The van der Waals surface area contributed by atoms with E-state index in [0.717, 1.165) is 29.6 Å². The van der Waals surface area contributed by atoms with E-state index in [2.05, 4.69) is 16.8 Å². The summed E-state index contributed by atoms with van der Waals surface area (Å²) in [6, 6.07) is 6.07. The van der Waals surface area contributed by atoms with Crippen molar-refractivity contribution >= 4 is 0 Å². The van der Waals surface area contributed by atoms with E-state index in [-0.39, 0.29) is 11.0 Å². The minimum Gasteiger partial charge on any atom is -0.325 e. The molecule has 1 aromatic heterocycles. The van der Waals surface area contributed by atoms with Gasteiger partial charge in [0.05, 0.1) is 0 Å². The molecular weight excluding hydrogens is 244 g/mol. The van der Waals surface area contributed by atoms with E-state index in [1.54, 1.807) is 0 Å². The molecule has 5 rings (SSSR count). The molecule has 4 aliphatic rings. The molecule has 2 N–H and O–H groups in total. The molecule has 2 nitrogen and oxygen atoms in total. The zero-order valence-corrected chi connectivity index (χ0v) is 12.2. The molecule has 4 aliphatic carbocycles. The minimum absolute atomic E-state index is 0.0821. The molecule has 1 heterocycles. The lowest BCUT2D eigenvalue weighted by Gasteiger charge is -2.59. The number of hydrogen-bond acceptors (Lipinski definition) is 2. The third kappa shape index (κ3) is 2.05. The van der Waals surface area contributed by atoms with Crippen LogP contribution < -0.4 is 5.73 Å². The fourth-order valence-corrected chi connectivity index (χ4v) is 5.29. The van der Waals surface area contributed by atoms with E-state index in [1.807, 2.05) is 25.1 Å². The summed E-state index contributed by atoms with van der Waals surface area (Å²) in [5.41, 5.74) is 8.83. The zero-order valence-electron chi connectivity index (χ0n) is 12.2. The van der Waals surface area contributed by atoms with Gasteiger partial charge in [-0.15, -0.1) is 0 Å². The highest BCUT2D eigenvalue weighted by molar-refractivity contribution is 5.33. The average Bonchev–Trinajstić information content (AvgIpc) is 2.34.